The summed E-state index contributed by atoms with van der Waals surface area (Å²) in [6.45, 7) is 10.8. The Morgan fingerprint density at radius 3 is 1.31 bits per heavy atom. The second-order valence-electron chi connectivity index (χ2n) is 4.01. The van der Waals surface area contributed by atoms with Gasteiger partial charge in [0, 0.05) is 0 Å². The first-order valence-corrected chi connectivity index (χ1v) is 7.55. The summed E-state index contributed by atoms with van der Waals surface area (Å²) < 4.78 is 8.57. The number of hydrogen-bond acceptors (Lipinski definition) is 2. The van der Waals surface area contributed by atoms with E-state index in [2.05, 4.69) is 25.7 Å². The molecule has 0 aromatic rings. The molecule has 0 bridgehead atoms. The molecule has 1 unspecified atom stereocenters. The normalized spacial score (nSPS) is 10.8. The molecule has 3 nitrogen and oxygen atoms in total. The van der Waals surface area contributed by atoms with Gasteiger partial charge in [0.25, 0.3) is 0 Å². The lowest BCUT2D eigenvalue weighted by Gasteiger charge is -2.21. The first-order valence-electron chi connectivity index (χ1n) is 6.56. The van der Waals surface area contributed by atoms with E-state index in [0.29, 0.717) is 0 Å². The molecule has 0 saturated heterocycles. The van der Waals surface area contributed by atoms with Gasteiger partial charge in [-0.1, -0.05) is 40.0 Å². The zero-order chi connectivity index (χ0) is 12.6. The van der Waals surface area contributed by atoms with E-state index < -0.39 is 8.69 Å². The third-order valence-electron chi connectivity index (χ3n) is 2.48. The van der Waals surface area contributed by atoms with E-state index in [1.54, 1.807) is 0 Å². The van der Waals surface area contributed by atoms with E-state index in [1.807, 2.05) is 0 Å². The summed E-state index contributed by atoms with van der Waals surface area (Å²) in [5.41, 5.74) is 0. The predicted molar refractivity (Wildman–Crippen MR) is 73.8 cm³/mol. The lowest BCUT2D eigenvalue weighted by molar-refractivity contribution is 0.261. The first kappa shape index (κ1) is 18.5. The summed E-state index contributed by atoms with van der Waals surface area (Å²) in [4.78, 5) is 9.73. The Labute approximate surface area is 103 Å². The van der Waals surface area contributed by atoms with Crippen molar-refractivity contribution in [2.45, 2.75) is 59.3 Å². The van der Waals surface area contributed by atoms with Crippen LogP contribution in [-0.4, -0.2) is 29.4 Å². The van der Waals surface area contributed by atoms with Crippen molar-refractivity contribution in [3.63, 3.8) is 0 Å². The van der Waals surface area contributed by atoms with Gasteiger partial charge < -0.3 is 9.79 Å². The van der Waals surface area contributed by atoms with Gasteiger partial charge in [0.05, 0.1) is 0 Å². The Kier molecular flexibility index (Phi) is 20.3. The molecule has 1 N–H and O–H groups in total. The van der Waals surface area contributed by atoms with Crippen molar-refractivity contribution >= 4 is 8.69 Å². The van der Waals surface area contributed by atoms with Crippen LogP contribution in [0.3, 0.4) is 0 Å². The molecule has 0 aromatic carbocycles. The maximum absolute atomic E-state index is 8.57. The minimum absolute atomic E-state index is 1.32. The highest BCUT2D eigenvalue weighted by atomic mass is 31.1. The van der Waals surface area contributed by atoms with Gasteiger partial charge in [-0.05, 0) is 38.9 Å². The van der Waals surface area contributed by atoms with Gasteiger partial charge >= 0.3 is 0 Å². The van der Waals surface area contributed by atoms with E-state index in [4.69, 9.17) is 9.46 Å². The Morgan fingerprint density at radius 1 is 0.875 bits per heavy atom. The van der Waals surface area contributed by atoms with Gasteiger partial charge in [-0.25, -0.2) is 0 Å². The monoisotopic (exact) mass is 251 g/mol. The Morgan fingerprint density at radius 2 is 1.12 bits per heavy atom. The molecule has 0 aromatic heterocycles. The topological polar surface area (TPSA) is 40.5 Å². The molecule has 0 rings (SSSR count). The average molecular weight is 251 g/mol. The van der Waals surface area contributed by atoms with Gasteiger partial charge in [-0.2, -0.15) is 0 Å². The summed E-state index contributed by atoms with van der Waals surface area (Å²) in [6.07, 6.45) is 8.09. The molecule has 16 heavy (non-hydrogen) atoms. The second kappa shape index (κ2) is 17.5. The lowest BCUT2D eigenvalue weighted by atomic mass is 10.2. The van der Waals surface area contributed by atoms with Crippen molar-refractivity contribution in [3.05, 3.63) is 0 Å². The Hall–Kier alpha value is 0.150. The number of nitrogens with zero attached hydrogens (tertiary/aromatic N) is 1. The minimum Gasteiger partial charge on any atom is -0.348 e. The predicted octanol–water partition coefficient (Wildman–Crippen LogP) is 3.34. The van der Waals surface area contributed by atoms with Crippen LogP contribution < -0.4 is 0 Å². The number of unbranched alkanes of at least 4 members (excludes halogenated alkanes) is 3. The average Bonchev–Trinajstić information content (AvgIpc) is 2.29. The fourth-order valence-corrected chi connectivity index (χ4v) is 1.48. The van der Waals surface area contributed by atoms with Crippen LogP contribution in [0.5, 0.6) is 0 Å². The zero-order valence-corrected chi connectivity index (χ0v) is 12.4. The van der Waals surface area contributed by atoms with E-state index in [0.717, 1.165) is 0 Å². The minimum atomic E-state index is -1.50. The largest absolute Gasteiger partial charge is 0.348 e. The van der Waals surface area contributed by atoms with Crippen molar-refractivity contribution < 1.29 is 9.46 Å². The molecule has 1 atom stereocenters. The molecule has 0 aliphatic carbocycles. The summed E-state index contributed by atoms with van der Waals surface area (Å²) in [7, 11) is -1.50. The van der Waals surface area contributed by atoms with Gasteiger partial charge in [-0.15, -0.1) is 0 Å². The highest BCUT2D eigenvalue weighted by Crippen LogP contribution is 2.01. The Bertz CT molecular complexity index is 115. The molecular formula is C12H30NO2P. The van der Waals surface area contributed by atoms with Crippen LogP contribution in [0.2, 0.25) is 0 Å². The summed E-state index contributed by atoms with van der Waals surface area (Å²) in [5, 5.41) is 0. The summed E-state index contributed by atoms with van der Waals surface area (Å²) >= 11 is 0. The van der Waals surface area contributed by atoms with E-state index in [1.165, 1.54) is 58.2 Å². The van der Waals surface area contributed by atoms with Crippen LogP contribution >= 0.6 is 8.69 Å². The van der Waals surface area contributed by atoms with E-state index in [9.17, 15) is 0 Å². The molecule has 0 heterocycles. The van der Waals surface area contributed by atoms with Gasteiger partial charge in [0.15, 0.2) is 8.69 Å². The van der Waals surface area contributed by atoms with Crippen LogP contribution in [0.25, 0.3) is 0 Å². The second-order valence-corrected chi connectivity index (χ2v) is 4.22. The van der Waals surface area contributed by atoms with Crippen molar-refractivity contribution in [2.24, 2.45) is 0 Å². The first-order chi connectivity index (χ1) is 7.76. The third kappa shape index (κ3) is 16.6. The quantitative estimate of drug-likeness (QED) is 0.639. The highest BCUT2D eigenvalue weighted by Gasteiger charge is 2.01. The third-order valence-corrected chi connectivity index (χ3v) is 2.48. The fraction of sp³-hybridized carbons (Fsp3) is 1.00. The molecular weight excluding hydrogens is 221 g/mol. The Balaban J connectivity index is 0. The van der Waals surface area contributed by atoms with Crippen molar-refractivity contribution in [1.82, 2.24) is 4.90 Å². The standard InChI is InChI=1S/C12H27N.H3O2P/c1-4-7-10-13(11-8-5-2)12-9-6-3;1-3-2/h4-12H2,1-3H3;3H2,(H,1,2). The maximum Gasteiger partial charge on any atom is 0.177 e. The van der Waals surface area contributed by atoms with Gasteiger partial charge in [-0.3, -0.25) is 4.57 Å². The zero-order valence-electron chi connectivity index (χ0n) is 11.2. The van der Waals surface area contributed by atoms with E-state index >= 15 is 0 Å². The smallest absolute Gasteiger partial charge is 0.177 e. The molecule has 100 valence electrons. The van der Waals surface area contributed by atoms with Crippen molar-refractivity contribution in [1.29, 1.82) is 0 Å². The molecule has 4 heteroatoms. The van der Waals surface area contributed by atoms with Gasteiger partial charge in [0.1, 0.15) is 0 Å². The van der Waals surface area contributed by atoms with Crippen LogP contribution in [0, 0.1) is 0 Å². The molecule has 0 saturated carbocycles. The van der Waals surface area contributed by atoms with Crippen molar-refractivity contribution in [2.75, 3.05) is 19.6 Å². The number of rotatable bonds is 9. The highest BCUT2D eigenvalue weighted by molar-refractivity contribution is 7.16. The molecule has 0 spiro atoms. The molecule has 0 fully saturated rings. The van der Waals surface area contributed by atoms with Crippen LogP contribution in [0.15, 0.2) is 0 Å². The van der Waals surface area contributed by atoms with E-state index in [-0.39, 0.29) is 0 Å². The SMILES string of the molecule is CCCCN(CCCC)CCCC.O=[PH2]O. The summed E-state index contributed by atoms with van der Waals surface area (Å²) in [6, 6.07) is 0. The van der Waals surface area contributed by atoms with Gasteiger partial charge in [0.2, 0.25) is 0 Å². The lowest BCUT2D eigenvalue weighted by Crippen LogP contribution is -2.27. The van der Waals surface area contributed by atoms with Crippen LogP contribution in [-0.2, 0) is 4.57 Å². The number of hydrogen-bond donors (Lipinski definition) is 1. The van der Waals surface area contributed by atoms with Crippen molar-refractivity contribution in [3.8, 4) is 0 Å². The molecule has 0 aliphatic rings. The molecule has 0 amide bonds. The fourth-order valence-electron chi connectivity index (χ4n) is 1.48. The molecule has 0 radical (unpaired) electrons. The van der Waals surface area contributed by atoms with Crippen LogP contribution in [0.1, 0.15) is 59.3 Å². The molecule has 0 aliphatic heterocycles. The van der Waals surface area contributed by atoms with Crippen LogP contribution in [0.4, 0.5) is 0 Å². The maximum atomic E-state index is 8.57. The summed E-state index contributed by atoms with van der Waals surface area (Å²) in [5.74, 6) is 0.